The average molecular weight is 130 g/mol. The Morgan fingerprint density at radius 1 is 1.56 bits per heavy atom. The van der Waals surface area contributed by atoms with E-state index >= 15 is 0 Å². The fourth-order valence-corrected chi connectivity index (χ4v) is 0.509. The maximum Gasteiger partial charge on any atom is 0.305 e. The van der Waals surface area contributed by atoms with Crippen LogP contribution in [0.4, 0.5) is 0 Å². The first kappa shape index (κ1) is 8.47. The van der Waals surface area contributed by atoms with Gasteiger partial charge >= 0.3 is 5.97 Å². The van der Waals surface area contributed by atoms with E-state index in [9.17, 15) is 4.79 Å². The predicted octanol–water partition coefficient (Wildman–Crippen LogP) is 1.60. The van der Waals surface area contributed by atoms with Gasteiger partial charge in [-0.1, -0.05) is 13.8 Å². The minimum Gasteiger partial charge on any atom is -0.469 e. The van der Waals surface area contributed by atoms with E-state index in [1.54, 1.807) is 0 Å². The van der Waals surface area contributed by atoms with Gasteiger partial charge in [-0.05, 0) is 12.3 Å². The largest absolute Gasteiger partial charge is 0.469 e. The average Bonchev–Trinajstić information content (AvgIpc) is 1.83. The van der Waals surface area contributed by atoms with Crippen molar-refractivity contribution in [1.29, 1.82) is 0 Å². The molecule has 0 fully saturated rings. The predicted molar refractivity (Wildman–Crippen MR) is 36.1 cm³/mol. The Morgan fingerprint density at radius 3 is 2.44 bits per heavy atom. The molecule has 0 aromatic rings. The van der Waals surface area contributed by atoms with Crippen molar-refractivity contribution < 1.29 is 9.53 Å². The SMILES string of the molecule is COC(=O)CCC(C)C. The van der Waals surface area contributed by atoms with Gasteiger partial charge in [0.1, 0.15) is 0 Å². The number of carbonyl (C=O) groups excluding carboxylic acids is 1. The summed E-state index contributed by atoms with van der Waals surface area (Å²) in [7, 11) is 1.42. The van der Waals surface area contributed by atoms with Crippen molar-refractivity contribution in [2.75, 3.05) is 7.11 Å². The van der Waals surface area contributed by atoms with E-state index in [-0.39, 0.29) is 5.97 Å². The van der Waals surface area contributed by atoms with Crippen LogP contribution in [-0.2, 0) is 9.53 Å². The summed E-state index contributed by atoms with van der Waals surface area (Å²) in [4.78, 5) is 10.5. The topological polar surface area (TPSA) is 26.3 Å². The van der Waals surface area contributed by atoms with Crippen LogP contribution in [0.3, 0.4) is 0 Å². The minimum absolute atomic E-state index is 0.108. The number of methoxy groups -OCH3 is 1. The second kappa shape index (κ2) is 4.36. The van der Waals surface area contributed by atoms with Gasteiger partial charge in [0.05, 0.1) is 7.11 Å². The second-order valence-corrected chi connectivity index (χ2v) is 2.51. The lowest BCUT2D eigenvalue weighted by atomic mass is 10.1. The summed E-state index contributed by atoms with van der Waals surface area (Å²) in [5.74, 6) is 0.479. The van der Waals surface area contributed by atoms with Crippen molar-refractivity contribution in [3.63, 3.8) is 0 Å². The molecule has 2 heteroatoms. The number of esters is 1. The normalized spacial score (nSPS) is 9.78. The summed E-state index contributed by atoms with van der Waals surface area (Å²) < 4.78 is 4.46. The van der Waals surface area contributed by atoms with Gasteiger partial charge in [-0.15, -0.1) is 0 Å². The lowest BCUT2D eigenvalue weighted by Gasteiger charge is -2.00. The molecule has 0 aliphatic carbocycles. The molecule has 0 saturated carbocycles. The van der Waals surface area contributed by atoms with Crippen LogP contribution < -0.4 is 0 Å². The van der Waals surface area contributed by atoms with Crippen molar-refractivity contribution in [3.8, 4) is 0 Å². The van der Waals surface area contributed by atoms with Crippen LogP contribution >= 0.6 is 0 Å². The molecule has 0 atom stereocenters. The highest BCUT2D eigenvalue weighted by atomic mass is 16.5. The highest BCUT2D eigenvalue weighted by Gasteiger charge is 2.00. The standard InChI is InChI=1S/C7H14O2/c1-6(2)4-5-7(8)9-3/h6H,4-5H2,1-3H3. The van der Waals surface area contributed by atoms with E-state index in [0.717, 1.165) is 6.42 Å². The van der Waals surface area contributed by atoms with Crippen LogP contribution in [0.2, 0.25) is 0 Å². The number of hydrogen-bond donors (Lipinski definition) is 0. The molecular weight excluding hydrogens is 116 g/mol. The molecule has 0 spiro atoms. The molecule has 9 heavy (non-hydrogen) atoms. The highest BCUT2D eigenvalue weighted by Crippen LogP contribution is 2.03. The summed E-state index contributed by atoms with van der Waals surface area (Å²) in [5, 5.41) is 0. The zero-order valence-corrected chi connectivity index (χ0v) is 6.31. The monoisotopic (exact) mass is 130 g/mol. The van der Waals surface area contributed by atoms with Gasteiger partial charge in [0.25, 0.3) is 0 Å². The summed E-state index contributed by atoms with van der Waals surface area (Å²) in [6.07, 6.45) is 1.47. The fraction of sp³-hybridized carbons (Fsp3) is 0.857. The van der Waals surface area contributed by atoms with Crippen molar-refractivity contribution in [1.82, 2.24) is 0 Å². The van der Waals surface area contributed by atoms with Crippen molar-refractivity contribution in [2.24, 2.45) is 5.92 Å². The molecule has 0 amide bonds. The lowest BCUT2D eigenvalue weighted by molar-refractivity contribution is -0.140. The Morgan fingerprint density at radius 2 is 2.11 bits per heavy atom. The lowest BCUT2D eigenvalue weighted by Crippen LogP contribution is -2.01. The Labute approximate surface area is 56.2 Å². The van der Waals surface area contributed by atoms with Gasteiger partial charge < -0.3 is 4.74 Å². The van der Waals surface area contributed by atoms with Gasteiger partial charge in [0, 0.05) is 6.42 Å². The first-order valence-corrected chi connectivity index (χ1v) is 3.23. The van der Waals surface area contributed by atoms with E-state index in [1.807, 2.05) is 0 Å². The Bertz CT molecular complexity index is 86.9. The van der Waals surface area contributed by atoms with Crippen LogP contribution in [0.25, 0.3) is 0 Å². The third-order valence-corrected chi connectivity index (χ3v) is 1.15. The maximum absolute atomic E-state index is 10.5. The van der Waals surface area contributed by atoms with Gasteiger partial charge in [-0.2, -0.15) is 0 Å². The van der Waals surface area contributed by atoms with Gasteiger partial charge in [-0.25, -0.2) is 0 Å². The van der Waals surface area contributed by atoms with Crippen LogP contribution in [0.15, 0.2) is 0 Å². The van der Waals surface area contributed by atoms with Crippen molar-refractivity contribution in [3.05, 3.63) is 0 Å². The third-order valence-electron chi connectivity index (χ3n) is 1.15. The van der Waals surface area contributed by atoms with Crippen molar-refractivity contribution in [2.45, 2.75) is 26.7 Å². The first-order chi connectivity index (χ1) is 4.16. The molecule has 0 rings (SSSR count). The van der Waals surface area contributed by atoms with Crippen LogP contribution in [-0.4, -0.2) is 13.1 Å². The molecule has 0 aromatic carbocycles. The van der Waals surface area contributed by atoms with Gasteiger partial charge in [0.15, 0.2) is 0 Å². The van der Waals surface area contributed by atoms with Crippen LogP contribution in [0, 0.1) is 5.92 Å². The number of carbonyl (C=O) groups is 1. The van der Waals surface area contributed by atoms with Gasteiger partial charge in [0.2, 0.25) is 0 Å². The van der Waals surface area contributed by atoms with E-state index in [0.29, 0.717) is 12.3 Å². The molecule has 0 radical (unpaired) electrons. The van der Waals surface area contributed by atoms with E-state index in [2.05, 4.69) is 18.6 Å². The molecule has 0 saturated heterocycles. The summed E-state index contributed by atoms with van der Waals surface area (Å²) in [5.41, 5.74) is 0. The summed E-state index contributed by atoms with van der Waals surface area (Å²) >= 11 is 0. The molecule has 54 valence electrons. The molecule has 0 aliphatic rings. The molecule has 0 heterocycles. The summed E-state index contributed by atoms with van der Waals surface area (Å²) in [6.45, 7) is 4.17. The fourth-order valence-electron chi connectivity index (χ4n) is 0.509. The smallest absolute Gasteiger partial charge is 0.305 e. The number of rotatable bonds is 3. The summed E-state index contributed by atoms with van der Waals surface area (Å²) in [6, 6.07) is 0. The molecular formula is C7H14O2. The molecule has 0 N–H and O–H groups in total. The Kier molecular flexibility index (Phi) is 4.10. The maximum atomic E-state index is 10.5. The third kappa shape index (κ3) is 5.34. The van der Waals surface area contributed by atoms with Crippen LogP contribution in [0.5, 0.6) is 0 Å². The Balaban J connectivity index is 3.17. The second-order valence-electron chi connectivity index (χ2n) is 2.51. The van der Waals surface area contributed by atoms with E-state index in [4.69, 9.17) is 0 Å². The van der Waals surface area contributed by atoms with Crippen molar-refractivity contribution >= 4 is 5.97 Å². The van der Waals surface area contributed by atoms with E-state index in [1.165, 1.54) is 7.11 Å². The number of hydrogen-bond acceptors (Lipinski definition) is 2. The molecule has 0 aliphatic heterocycles. The first-order valence-electron chi connectivity index (χ1n) is 3.23. The number of ether oxygens (including phenoxy) is 1. The molecule has 0 bridgehead atoms. The van der Waals surface area contributed by atoms with Gasteiger partial charge in [-0.3, -0.25) is 4.79 Å². The molecule has 0 aromatic heterocycles. The Hall–Kier alpha value is -0.530. The molecule has 0 unspecified atom stereocenters. The molecule has 2 nitrogen and oxygen atoms in total. The van der Waals surface area contributed by atoms with E-state index < -0.39 is 0 Å². The zero-order chi connectivity index (χ0) is 7.28. The minimum atomic E-state index is -0.108. The quantitative estimate of drug-likeness (QED) is 0.542. The van der Waals surface area contributed by atoms with Crippen LogP contribution in [0.1, 0.15) is 26.7 Å². The highest BCUT2D eigenvalue weighted by molar-refractivity contribution is 5.68. The zero-order valence-electron chi connectivity index (χ0n) is 6.31.